The number of hydrogen-bond donors (Lipinski definition) is 1. The standard InChI is InChI=1S/C13H10Cl2N4S/c1-2-7-4-8-11(16)18-12(19-13(8)20-7)10-9(15)3-6(14)5-17-10/h3-5H,2H2,1H3,(H2,16,18,19). The Labute approximate surface area is 129 Å². The van der Waals surface area contributed by atoms with Crippen molar-refractivity contribution in [2.75, 3.05) is 5.73 Å². The van der Waals surface area contributed by atoms with Crippen LogP contribution in [-0.4, -0.2) is 15.0 Å². The summed E-state index contributed by atoms with van der Waals surface area (Å²) in [5.74, 6) is 0.856. The molecule has 3 rings (SSSR count). The number of aromatic nitrogens is 3. The maximum absolute atomic E-state index is 6.14. The third-order valence-electron chi connectivity index (χ3n) is 2.84. The van der Waals surface area contributed by atoms with Crippen molar-refractivity contribution in [3.8, 4) is 11.5 Å². The van der Waals surface area contributed by atoms with Gasteiger partial charge in [-0.2, -0.15) is 0 Å². The molecule has 102 valence electrons. The molecule has 0 fully saturated rings. The molecule has 2 N–H and O–H groups in total. The van der Waals surface area contributed by atoms with Crippen molar-refractivity contribution < 1.29 is 0 Å². The lowest BCUT2D eigenvalue weighted by atomic mass is 10.3. The highest BCUT2D eigenvalue weighted by Gasteiger charge is 2.14. The summed E-state index contributed by atoms with van der Waals surface area (Å²) in [5.41, 5.74) is 6.48. The normalized spacial score (nSPS) is 11.2. The van der Waals surface area contributed by atoms with Gasteiger partial charge in [-0.05, 0) is 18.6 Å². The lowest BCUT2D eigenvalue weighted by Crippen LogP contribution is -1.97. The van der Waals surface area contributed by atoms with Crippen LogP contribution >= 0.6 is 34.5 Å². The van der Waals surface area contributed by atoms with Crippen LogP contribution in [0.15, 0.2) is 18.3 Å². The van der Waals surface area contributed by atoms with Gasteiger partial charge in [0.25, 0.3) is 0 Å². The number of anilines is 1. The molecular formula is C13H10Cl2N4S. The first-order valence-electron chi connectivity index (χ1n) is 5.96. The smallest absolute Gasteiger partial charge is 0.183 e. The minimum absolute atomic E-state index is 0.406. The fourth-order valence-electron chi connectivity index (χ4n) is 1.85. The number of nitrogen functional groups attached to an aromatic ring is 1. The molecule has 0 saturated heterocycles. The third kappa shape index (κ3) is 2.32. The summed E-state index contributed by atoms with van der Waals surface area (Å²) in [6.07, 6.45) is 2.45. The molecule has 0 aromatic carbocycles. The number of aryl methyl sites for hydroxylation is 1. The zero-order valence-electron chi connectivity index (χ0n) is 10.5. The molecule has 3 heterocycles. The Morgan fingerprint density at radius 2 is 2.05 bits per heavy atom. The summed E-state index contributed by atoms with van der Waals surface area (Å²) in [4.78, 5) is 15.0. The SMILES string of the molecule is CCc1cc2c(N)nc(-c3ncc(Cl)cc3Cl)nc2s1. The van der Waals surface area contributed by atoms with Gasteiger partial charge in [-0.1, -0.05) is 30.1 Å². The van der Waals surface area contributed by atoms with Crippen LogP contribution in [0.1, 0.15) is 11.8 Å². The first-order chi connectivity index (χ1) is 9.58. The van der Waals surface area contributed by atoms with Gasteiger partial charge in [0.15, 0.2) is 5.82 Å². The van der Waals surface area contributed by atoms with Gasteiger partial charge in [0.1, 0.15) is 16.3 Å². The zero-order valence-corrected chi connectivity index (χ0v) is 12.9. The number of nitrogens with zero attached hydrogens (tertiary/aromatic N) is 3. The third-order valence-corrected chi connectivity index (χ3v) is 4.51. The number of hydrogen-bond acceptors (Lipinski definition) is 5. The van der Waals surface area contributed by atoms with Gasteiger partial charge in [-0.3, -0.25) is 0 Å². The van der Waals surface area contributed by atoms with Crippen LogP contribution in [0.3, 0.4) is 0 Å². The minimum Gasteiger partial charge on any atom is -0.383 e. The number of pyridine rings is 1. The van der Waals surface area contributed by atoms with Gasteiger partial charge in [-0.25, -0.2) is 15.0 Å². The van der Waals surface area contributed by atoms with Crippen molar-refractivity contribution >= 4 is 50.6 Å². The average Bonchev–Trinajstić information content (AvgIpc) is 2.82. The van der Waals surface area contributed by atoms with Crippen molar-refractivity contribution in [2.24, 2.45) is 0 Å². The fraction of sp³-hybridized carbons (Fsp3) is 0.154. The van der Waals surface area contributed by atoms with Crippen molar-refractivity contribution in [1.29, 1.82) is 0 Å². The van der Waals surface area contributed by atoms with Crippen molar-refractivity contribution in [3.05, 3.63) is 33.3 Å². The maximum Gasteiger partial charge on any atom is 0.183 e. The summed E-state index contributed by atoms with van der Waals surface area (Å²) < 4.78 is 0. The lowest BCUT2D eigenvalue weighted by Gasteiger charge is -2.04. The first kappa shape index (κ1) is 13.5. The van der Waals surface area contributed by atoms with Crippen LogP contribution in [0.25, 0.3) is 21.7 Å². The quantitative estimate of drug-likeness (QED) is 0.767. The van der Waals surface area contributed by atoms with E-state index in [0.717, 1.165) is 16.6 Å². The van der Waals surface area contributed by atoms with E-state index in [1.165, 1.54) is 11.1 Å². The summed E-state index contributed by atoms with van der Waals surface area (Å²) in [7, 11) is 0. The minimum atomic E-state index is 0.406. The molecule has 4 nitrogen and oxygen atoms in total. The molecule has 3 aromatic rings. The average molecular weight is 325 g/mol. The monoisotopic (exact) mass is 324 g/mol. The maximum atomic E-state index is 6.14. The Bertz CT molecular complexity index is 800. The second-order valence-electron chi connectivity index (χ2n) is 4.20. The van der Waals surface area contributed by atoms with E-state index in [-0.39, 0.29) is 0 Å². The van der Waals surface area contributed by atoms with Crippen LogP contribution in [0.5, 0.6) is 0 Å². The molecule has 0 bridgehead atoms. The second kappa shape index (κ2) is 5.16. The molecule has 0 aliphatic carbocycles. The van der Waals surface area contributed by atoms with Gasteiger partial charge < -0.3 is 5.73 Å². The van der Waals surface area contributed by atoms with Gasteiger partial charge in [0.05, 0.1) is 15.4 Å². The van der Waals surface area contributed by atoms with E-state index in [2.05, 4.69) is 21.9 Å². The molecule has 0 radical (unpaired) electrons. The first-order valence-corrected chi connectivity index (χ1v) is 7.53. The summed E-state index contributed by atoms with van der Waals surface area (Å²) in [6.45, 7) is 2.09. The van der Waals surface area contributed by atoms with Gasteiger partial charge in [0.2, 0.25) is 0 Å². The van der Waals surface area contributed by atoms with E-state index in [9.17, 15) is 0 Å². The predicted octanol–water partition coefficient (Wildman–Crippen LogP) is 4.20. The molecule has 3 aromatic heterocycles. The van der Waals surface area contributed by atoms with Crippen molar-refractivity contribution in [3.63, 3.8) is 0 Å². The summed E-state index contributed by atoms with van der Waals surface area (Å²) in [6, 6.07) is 3.64. The number of fused-ring (bicyclic) bond motifs is 1. The molecule has 0 atom stereocenters. The van der Waals surface area contributed by atoms with Crippen molar-refractivity contribution in [2.45, 2.75) is 13.3 Å². The van der Waals surface area contributed by atoms with Crippen molar-refractivity contribution in [1.82, 2.24) is 15.0 Å². The molecule has 0 unspecified atom stereocenters. The largest absolute Gasteiger partial charge is 0.383 e. The van der Waals surface area contributed by atoms with Crippen LogP contribution in [-0.2, 0) is 6.42 Å². The van der Waals surface area contributed by atoms with Gasteiger partial charge >= 0.3 is 0 Å². The van der Waals surface area contributed by atoms with Gasteiger partial charge in [0, 0.05) is 11.1 Å². The molecule has 0 aliphatic heterocycles. The highest BCUT2D eigenvalue weighted by atomic mass is 35.5. The molecule has 0 amide bonds. The Kier molecular flexibility index (Phi) is 3.50. The van der Waals surface area contributed by atoms with Crippen LogP contribution in [0, 0.1) is 0 Å². The Morgan fingerprint density at radius 1 is 1.25 bits per heavy atom. The zero-order chi connectivity index (χ0) is 14.3. The van der Waals surface area contributed by atoms with E-state index >= 15 is 0 Å². The molecule has 0 saturated carbocycles. The van der Waals surface area contributed by atoms with E-state index in [0.29, 0.717) is 27.4 Å². The van der Waals surface area contributed by atoms with E-state index in [1.54, 1.807) is 17.4 Å². The number of halogens is 2. The Balaban J connectivity index is 2.21. The van der Waals surface area contributed by atoms with E-state index in [4.69, 9.17) is 28.9 Å². The highest BCUT2D eigenvalue weighted by Crippen LogP contribution is 2.32. The molecule has 0 spiro atoms. The topological polar surface area (TPSA) is 64.7 Å². The molecule has 20 heavy (non-hydrogen) atoms. The Hall–Kier alpha value is -1.43. The number of nitrogens with two attached hydrogens (primary N) is 1. The molecule has 0 aliphatic rings. The number of rotatable bonds is 2. The summed E-state index contributed by atoms with van der Waals surface area (Å²) >= 11 is 13.6. The summed E-state index contributed by atoms with van der Waals surface area (Å²) in [5, 5.41) is 1.75. The number of thiophene rings is 1. The predicted molar refractivity (Wildman–Crippen MR) is 84.5 cm³/mol. The van der Waals surface area contributed by atoms with Crippen LogP contribution in [0.2, 0.25) is 10.0 Å². The molecule has 7 heteroatoms. The fourth-order valence-corrected chi connectivity index (χ4v) is 3.29. The van der Waals surface area contributed by atoms with E-state index < -0.39 is 0 Å². The van der Waals surface area contributed by atoms with Crippen LogP contribution < -0.4 is 5.73 Å². The molecular weight excluding hydrogens is 315 g/mol. The Morgan fingerprint density at radius 3 is 2.75 bits per heavy atom. The van der Waals surface area contributed by atoms with E-state index in [1.807, 2.05) is 6.07 Å². The van der Waals surface area contributed by atoms with Crippen LogP contribution in [0.4, 0.5) is 5.82 Å². The second-order valence-corrected chi connectivity index (χ2v) is 6.16. The van der Waals surface area contributed by atoms with Gasteiger partial charge in [-0.15, -0.1) is 11.3 Å². The highest BCUT2D eigenvalue weighted by molar-refractivity contribution is 7.18. The lowest BCUT2D eigenvalue weighted by molar-refractivity contribution is 1.18.